The van der Waals surface area contributed by atoms with Crippen LogP contribution in [0.4, 0.5) is 5.69 Å². The summed E-state index contributed by atoms with van der Waals surface area (Å²) >= 11 is 0. The maximum absolute atomic E-state index is 5.48. The first-order valence-corrected chi connectivity index (χ1v) is 3.53. The van der Waals surface area contributed by atoms with Gasteiger partial charge in [0.25, 0.3) is 0 Å². The number of hydrogen-bond donors (Lipinski definition) is 1. The summed E-state index contributed by atoms with van der Waals surface area (Å²) in [5.74, 6) is 0. The van der Waals surface area contributed by atoms with Gasteiger partial charge in [-0.2, -0.15) is 0 Å². The molecule has 0 amide bonds. The van der Waals surface area contributed by atoms with E-state index in [1.54, 1.807) is 6.20 Å². The summed E-state index contributed by atoms with van der Waals surface area (Å²) in [6, 6.07) is 3.81. The molecule has 0 aliphatic heterocycles. The second kappa shape index (κ2) is 3.34. The average Bonchev–Trinajstić information content (AvgIpc) is 1.93. The predicted octanol–water partition coefficient (Wildman–Crippen LogP) is 0.725. The first kappa shape index (κ1) is 8.01. The molecule has 0 saturated heterocycles. The van der Waals surface area contributed by atoms with Crippen molar-refractivity contribution in [3.63, 3.8) is 0 Å². The minimum absolute atomic E-state index is 0.715. The minimum Gasteiger partial charge on any atom is -0.397 e. The Morgan fingerprint density at radius 2 is 2.18 bits per heavy atom. The molecule has 0 aliphatic rings. The van der Waals surface area contributed by atoms with Gasteiger partial charge >= 0.3 is 0 Å². The summed E-state index contributed by atoms with van der Waals surface area (Å²) in [5.41, 5.74) is 7.24. The monoisotopic (exact) mass is 151 g/mol. The molecule has 3 heteroatoms. The number of nitrogens with zero attached hydrogens (tertiary/aromatic N) is 2. The topological polar surface area (TPSA) is 42.1 Å². The van der Waals surface area contributed by atoms with E-state index in [4.69, 9.17) is 5.73 Å². The van der Waals surface area contributed by atoms with Gasteiger partial charge in [-0.05, 0) is 26.2 Å². The van der Waals surface area contributed by atoms with E-state index in [1.165, 1.54) is 0 Å². The summed E-state index contributed by atoms with van der Waals surface area (Å²) in [6.45, 7) is 0.861. The lowest BCUT2D eigenvalue weighted by molar-refractivity contribution is 0.397. The van der Waals surface area contributed by atoms with Crippen LogP contribution in [0.5, 0.6) is 0 Å². The number of rotatable bonds is 2. The van der Waals surface area contributed by atoms with E-state index in [-0.39, 0.29) is 0 Å². The van der Waals surface area contributed by atoms with Crippen LogP contribution in [-0.2, 0) is 6.54 Å². The largest absolute Gasteiger partial charge is 0.397 e. The normalized spacial score (nSPS) is 10.5. The van der Waals surface area contributed by atoms with Gasteiger partial charge < -0.3 is 10.6 Å². The number of hydrogen-bond acceptors (Lipinski definition) is 3. The molecule has 0 radical (unpaired) electrons. The molecule has 0 bridgehead atoms. The second-order valence-corrected chi connectivity index (χ2v) is 2.82. The highest BCUT2D eigenvalue weighted by Crippen LogP contribution is 2.01. The summed E-state index contributed by atoms with van der Waals surface area (Å²) in [4.78, 5) is 6.22. The highest BCUT2D eigenvalue weighted by molar-refractivity contribution is 5.34. The van der Waals surface area contributed by atoms with E-state index in [9.17, 15) is 0 Å². The van der Waals surface area contributed by atoms with Crippen LogP contribution in [0, 0.1) is 0 Å². The van der Waals surface area contributed by atoms with Gasteiger partial charge in [0.1, 0.15) is 0 Å². The van der Waals surface area contributed by atoms with Crippen molar-refractivity contribution < 1.29 is 0 Å². The van der Waals surface area contributed by atoms with Crippen LogP contribution in [-0.4, -0.2) is 24.0 Å². The molecule has 0 spiro atoms. The van der Waals surface area contributed by atoms with Crippen molar-refractivity contribution in [3.8, 4) is 0 Å². The molecule has 0 aromatic carbocycles. The fourth-order valence-corrected chi connectivity index (χ4v) is 0.853. The Morgan fingerprint density at radius 3 is 2.64 bits per heavy atom. The fraction of sp³-hybridized carbons (Fsp3) is 0.375. The van der Waals surface area contributed by atoms with Gasteiger partial charge in [-0.15, -0.1) is 0 Å². The zero-order valence-corrected chi connectivity index (χ0v) is 6.91. The first-order valence-electron chi connectivity index (χ1n) is 3.53. The Morgan fingerprint density at radius 1 is 1.45 bits per heavy atom. The lowest BCUT2D eigenvalue weighted by atomic mass is 10.3. The van der Waals surface area contributed by atoms with Gasteiger partial charge in [-0.3, -0.25) is 4.98 Å². The summed E-state index contributed by atoms with van der Waals surface area (Å²) < 4.78 is 0. The molecule has 1 heterocycles. The third-order valence-electron chi connectivity index (χ3n) is 1.33. The van der Waals surface area contributed by atoms with Crippen LogP contribution >= 0.6 is 0 Å². The molecule has 2 N–H and O–H groups in total. The minimum atomic E-state index is 0.715. The van der Waals surface area contributed by atoms with Crippen molar-refractivity contribution in [2.45, 2.75) is 6.54 Å². The molecular weight excluding hydrogens is 138 g/mol. The van der Waals surface area contributed by atoms with Crippen molar-refractivity contribution in [2.24, 2.45) is 0 Å². The van der Waals surface area contributed by atoms with E-state index in [1.807, 2.05) is 26.2 Å². The molecule has 1 rings (SSSR count). The standard InChI is InChI=1S/C8H13N3/c1-11(2)6-8-4-3-7(9)5-10-8/h3-5H,6,9H2,1-2H3. The summed E-state index contributed by atoms with van der Waals surface area (Å²) in [6.07, 6.45) is 1.68. The van der Waals surface area contributed by atoms with Crippen LogP contribution in [0.3, 0.4) is 0 Å². The van der Waals surface area contributed by atoms with Gasteiger partial charge in [0.05, 0.1) is 17.6 Å². The Kier molecular flexibility index (Phi) is 2.44. The lowest BCUT2D eigenvalue weighted by Crippen LogP contribution is -2.11. The number of aromatic nitrogens is 1. The van der Waals surface area contributed by atoms with Gasteiger partial charge in [-0.25, -0.2) is 0 Å². The highest BCUT2D eigenvalue weighted by atomic mass is 15.1. The van der Waals surface area contributed by atoms with Gasteiger partial charge in [0.2, 0.25) is 0 Å². The van der Waals surface area contributed by atoms with Gasteiger partial charge in [0.15, 0.2) is 0 Å². The summed E-state index contributed by atoms with van der Waals surface area (Å²) in [7, 11) is 4.02. The lowest BCUT2D eigenvalue weighted by Gasteiger charge is -2.07. The summed E-state index contributed by atoms with van der Waals surface area (Å²) in [5, 5.41) is 0. The van der Waals surface area contributed by atoms with E-state index in [0.29, 0.717) is 5.69 Å². The van der Waals surface area contributed by atoms with Crippen molar-refractivity contribution in [2.75, 3.05) is 19.8 Å². The second-order valence-electron chi connectivity index (χ2n) is 2.82. The van der Waals surface area contributed by atoms with Crippen LogP contribution < -0.4 is 5.73 Å². The number of pyridine rings is 1. The molecule has 1 aromatic heterocycles. The molecule has 0 fully saturated rings. The highest BCUT2D eigenvalue weighted by Gasteiger charge is 1.94. The SMILES string of the molecule is CN(C)Cc1ccc(N)cn1. The van der Waals surface area contributed by atoms with E-state index < -0.39 is 0 Å². The van der Waals surface area contributed by atoms with Crippen LogP contribution in [0.25, 0.3) is 0 Å². The third kappa shape index (κ3) is 2.55. The Labute approximate surface area is 66.8 Å². The molecule has 0 unspecified atom stereocenters. The third-order valence-corrected chi connectivity index (χ3v) is 1.33. The smallest absolute Gasteiger partial charge is 0.0545 e. The first-order chi connectivity index (χ1) is 5.18. The van der Waals surface area contributed by atoms with E-state index >= 15 is 0 Å². The number of nitrogen functional groups attached to an aromatic ring is 1. The molecular formula is C8H13N3. The molecule has 1 aromatic rings. The molecule has 11 heavy (non-hydrogen) atoms. The van der Waals surface area contributed by atoms with Crippen molar-refractivity contribution in [1.29, 1.82) is 0 Å². The van der Waals surface area contributed by atoms with Crippen molar-refractivity contribution >= 4 is 5.69 Å². The predicted molar refractivity (Wildman–Crippen MR) is 46.0 cm³/mol. The molecule has 0 saturated carbocycles. The van der Waals surface area contributed by atoms with Crippen molar-refractivity contribution in [3.05, 3.63) is 24.0 Å². The zero-order valence-electron chi connectivity index (χ0n) is 6.91. The maximum atomic E-state index is 5.48. The fourth-order valence-electron chi connectivity index (χ4n) is 0.853. The van der Waals surface area contributed by atoms with Crippen molar-refractivity contribution in [1.82, 2.24) is 9.88 Å². The quantitative estimate of drug-likeness (QED) is 0.677. The molecule has 0 atom stereocenters. The zero-order chi connectivity index (χ0) is 8.27. The van der Waals surface area contributed by atoms with Gasteiger partial charge in [0, 0.05) is 6.54 Å². The van der Waals surface area contributed by atoms with Crippen LogP contribution in [0.1, 0.15) is 5.69 Å². The number of anilines is 1. The van der Waals surface area contributed by atoms with Crippen LogP contribution in [0.2, 0.25) is 0 Å². The Hall–Kier alpha value is -1.09. The van der Waals surface area contributed by atoms with Gasteiger partial charge in [-0.1, -0.05) is 0 Å². The average molecular weight is 151 g/mol. The molecule has 3 nitrogen and oxygen atoms in total. The van der Waals surface area contributed by atoms with E-state index in [2.05, 4.69) is 9.88 Å². The van der Waals surface area contributed by atoms with E-state index in [0.717, 1.165) is 12.2 Å². The molecule has 0 aliphatic carbocycles. The Bertz CT molecular complexity index is 215. The maximum Gasteiger partial charge on any atom is 0.0545 e. The molecule has 60 valence electrons. The number of nitrogens with two attached hydrogens (primary N) is 1. The Balaban J connectivity index is 2.66. The van der Waals surface area contributed by atoms with Crippen LogP contribution in [0.15, 0.2) is 18.3 Å².